The molecule has 1 N–H and O–H groups in total. The van der Waals surface area contributed by atoms with Gasteiger partial charge >= 0.3 is 0 Å². The third-order valence-electron chi connectivity index (χ3n) is 6.14. The summed E-state index contributed by atoms with van der Waals surface area (Å²) in [6.45, 7) is 2.56. The predicted octanol–water partition coefficient (Wildman–Crippen LogP) is 2.74. The number of aromatic nitrogens is 3. The van der Waals surface area contributed by atoms with E-state index in [2.05, 4.69) is 26.2 Å². The van der Waals surface area contributed by atoms with E-state index >= 15 is 0 Å². The van der Waals surface area contributed by atoms with Gasteiger partial charge in [0.2, 0.25) is 0 Å². The molecule has 34 heavy (non-hydrogen) atoms. The highest BCUT2D eigenvalue weighted by atomic mass is 16.2. The normalized spacial score (nSPS) is 13.6. The minimum Gasteiger partial charge on any atom is -0.353 e. The van der Waals surface area contributed by atoms with Gasteiger partial charge in [-0.05, 0) is 47.9 Å². The molecule has 1 aliphatic heterocycles. The van der Waals surface area contributed by atoms with Crippen LogP contribution in [0.5, 0.6) is 0 Å². The molecular weight excluding hydrogens is 428 g/mol. The number of nitrogens with one attached hydrogen (secondary N) is 1. The Labute approximate surface area is 196 Å². The molecule has 1 aliphatic rings. The molecule has 3 heterocycles. The first-order chi connectivity index (χ1) is 16.6. The molecule has 0 atom stereocenters. The molecule has 0 aliphatic carbocycles. The van der Waals surface area contributed by atoms with Crippen LogP contribution in [0.1, 0.15) is 27.0 Å². The number of hydrogen-bond acceptors (Lipinski definition) is 6. The van der Waals surface area contributed by atoms with E-state index in [1.165, 1.54) is 0 Å². The minimum absolute atomic E-state index is 0.00492. The number of rotatable bonds is 4. The lowest BCUT2D eigenvalue weighted by atomic mass is 9.98. The van der Waals surface area contributed by atoms with Gasteiger partial charge in [-0.3, -0.25) is 9.59 Å². The second kappa shape index (κ2) is 9.16. The molecule has 4 aromatic rings. The Kier molecular flexibility index (Phi) is 5.75. The van der Waals surface area contributed by atoms with Crippen LogP contribution >= 0.6 is 0 Å². The van der Waals surface area contributed by atoms with E-state index in [9.17, 15) is 9.59 Å². The summed E-state index contributed by atoms with van der Waals surface area (Å²) in [7, 11) is 0. The Morgan fingerprint density at radius 2 is 1.82 bits per heavy atom. The van der Waals surface area contributed by atoms with Crippen LogP contribution in [0.15, 0.2) is 71.8 Å². The fraction of sp³-hybridized carbons (Fsp3) is 0.192. The summed E-state index contributed by atoms with van der Waals surface area (Å²) >= 11 is 0. The second-order valence-corrected chi connectivity index (χ2v) is 8.25. The summed E-state index contributed by atoms with van der Waals surface area (Å²) in [5.41, 5.74) is 2.96. The van der Waals surface area contributed by atoms with Gasteiger partial charge in [-0.15, -0.1) is 0 Å². The molecule has 1 fully saturated rings. The number of H-pyrrole nitrogens is 1. The van der Waals surface area contributed by atoms with Gasteiger partial charge < -0.3 is 9.80 Å². The number of anilines is 1. The smallest absolute Gasteiger partial charge is 0.272 e. The lowest BCUT2D eigenvalue weighted by molar-refractivity contribution is 0.0746. The van der Waals surface area contributed by atoms with Crippen LogP contribution in [-0.2, 0) is 6.42 Å². The fourth-order valence-electron chi connectivity index (χ4n) is 4.33. The topological polar surface area (TPSA) is 106 Å². The highest BCUT2D eigenvalue weighted by molar-refractivity contribution is 5.94. The Hall–Kier alpha value is -4.51. The van der Waals surface area contributed by atoms with Crippen molar-refractivity contribution in [2.75, 3.05) is 31.1 Å². The van der Waals surface area contributed by atoms with Gasteiger partial charge in [0.15, 0.2) is 0 Å². The monoisotopic (exact) mass is 450 g/mol. The van der Waals surface area contributed by atoms with E-state index in [1.54, 1.807) is 24.5 Å². The fourth-order valence-corrected chi connectivity index (χ4v) is 4.33. The van der Waals surface area contributed by atoms with Crippen LogP contribution < -0.4 is 10.5 Å². The van der Waals surface area contributed by atoms with Crippen LogP contribution in [0.3, 0.4) is 0 Å². The van der Waals surface area contributed by atoms with Crippen LogP contribution in [0, 0.1) is 11.3 Å². The third-order valence-corrected chi connectivity index (χ3v) is 6.14. The number of fused-ring (bicyclic) bond motifs is 1. The number of nitriles is 1. The number of hydrogen-bond donors (Lipinski definition) is 1. The molecule has 8 heteroatoms. The molecule has 8 nitrogen and oxygen atoms in total. The lowest BCUT2D eigenvalue weighted by Crippen LogP contribution is -2.49. The van der Waals surface area contributed by atoms with Gasteiger partial charge in [0.1, 0.15) is 11.9 Å². The average Bonchev–Trinajstić information content (AvgIpc) is 2.89. The molecular formula is C26H22N6O2. The quantitative estimate of drug-likeness (QED) is 0.513. The first-order valence-electron chi connectivity index (χ1n) is 11.1. The van der Waals surface area contributed by atoms with Crippen LogP contribution in [-0.4, -0.2) is 52.2 Å². The van der Waals surface area contributed by atoms with E-state index in [0.29, 0.717) is 49.1 Å². The van der Waals surface area contributed by atoms with Crippen molar-refractivity contribution in [2.24, 2.45) is 0 Å². The first kappa shape index (κ1) is 21.3. The van der Waals surface area contributed by atoms with Crippen molar-refractivity contribution in [3.63, 3.8) is 0 Å². The van der Waals surface area contributed by atoms with Gasteiger partial charge in [-0.2, -0.15) is 10.4 Å². The zero-order chi connectivity index (χ0) is 23.5. The number of carbonyl (C=O) groups excluding carboxylic acids is 1. The van der Waals surface area contributed by atoms with Crippen molar-refractivity contribution >= 4 is 22.5 Å². The molecule has 1 saturated heterocycles. The zero-order valence-corrected chi connectivity index (χ0v) is 18.4. The number of pyridine rings is 1. The van der Waals surface area contributed by atoms with Crippen LogP contribution in [0.2, 0.25) is 0 Å². The largest absolute Gasteiger partial charge is 0.353 e. The summed E-state index contributed by atoms with van der Waals surface area (Å²) in [5.74, 6) is 0.821. The highest BCUT2D eigenvalue weighted by Crippen LogP contribution is 2.20. The summed E-state index contributed by atoms with van der Waals surface area (Å²) in [6, 6.07) is 19.0. The van der Waals surface area contributed by atoms with Crippen molar-refractivity contribution in [2.45, 2.75) is 6.42 Å². The van der Waals surface area contributed by atoms with E-state index in [-0.39, 0.29) is 11.5 Å². The summed E-state index contributed by atoms with van der Waals surface area (Å²) in [5, 5.41) is 16.8. The minimum atomic E-state index is -0.210. The predicted molar refractivity (Wildman–Crippen MR) is 129 cm³/mol. The van der Waals surface area contributed by atoms with Crippen molar-refractivity contribution in [3.05, 3.63) is 99.6 Å². The molecule has 0 saturated carbocycles. The average molecular weight is 451 g/mol. The molecule has 0 bridgehead atoms. The van der Waals surface area contributed by atoms with Crippen molar-refractivity contribution < 1.29 is 4.79 Å². The maximum Gasteiger partial charge on any atom is 0.272 e. The Morgan fingerprint density at radius 3 is 2.59 bits per heavy atom. The van der Waals surface area contributed by atoms with Gasteiger partial charge in [-0.1, -0.05) is 24.3 Å². The highest BCUT2D eigenvalue weighted by Gasteiger charge is 2.23. The molecule has 2 aromatic carbocycles. The van der Waals surface area contributed by atoms with E-state index in [0.717, 1.165) is 22.3 Å². The van der Waals surface area contributed by atoms with Crippen molar-refractivity contribution in [1.82, 2.24) is 20.1 Å². The van der Waals surface area contributed by atoms with Crippen LogP contribution in [0.4, 0.5) is 5.82 Å². The number of aromatic amines is 1. The molecule has 5 rings (SSSR count). The van der Waals surface area contributed by atoms with Gasteiger partial charge in [0, 0.05) is 43.3 Å². The Morgan fingerprint density at radius 1 is 1.00 bits per heavy atom. The Balaban J connectivity index is 1.28. The first-order valence-corrected chi connectivity index (χ1v) is 11.1. The number of benzene rings is 2. The molecule has 168 valence electrons. The van der Waals surface area contributed by atoms with Crippen LogP contribution in [0.25, 0.3) is 10.8 Å². The van der Waals surface area contributed by atoms with Gasteiger partial charge in [0.25, 0.3) is 11.5 Å². The SMILES string of the molecule is N#Cc1ccc(N2CCN(C(=O)c3cccc(Cc4cccc5c(=O)[nH]ncc45)c3)CC2)nc1. The summed E-state index contributed by atoms with van der Waals surface area (Å²) < 4.78 is 0. The van der Waals surface area contributed by atoms with E-state index in [4.69, 9.17) is 5.26 Å². The van der Waals surface area contributed by atoms with Crippen molar-refractivity contribution in [1.29, 1.82) is 5.26 Å². The van der Waals surface area contributed by atoms with E-state index in [1.807, 2.05) is 47.4 Å². The number of piperazine rings is 1. The number of nitrogens with zero attached hydrogens (tertiary/aromatic N) is 5. The number of amides is 1. The maximum atomic E-state index is 13.2. The Bertz CT molecular complexity index is 1450. The molecule has 1 amide bonds. The maximum absolute atomic E-state index is 13.2. The van der Waals surface area contributed by atoms with Gasteiger partial charge in [0.05, 0.1) is 17.1 Å². The zero-order valence-electron chi connectivity index (χ0n) is 18.4. The lowest BCUT2D eigenvalue weighted by Gasteiger charge is -2.35. The number of carbonyl (C=O) groups is 1. The van der Waals surface area contributed by atoms with Gasteiger partial charge in [-0.25, -0.2) is 10.1 Å². The third kappa shape index (κ3) is 4.24. The molecule has 0 unspecified atom stereocenters. The van der Waals surface area contributed by atoms with Crippen molar-refractivity contribution in [3.8, 4) is 6.07 Å². The second-order valence-electron chi connectivity index (χ2n) is 8.25. The summed E-state index contributed by atoms with van der Waals surface area (Å²) in [6.07, 6.45) is 3.84. The summed E-state index contributed by atoms with van der Waals surface area (Å²) in [4.78, 5) is 33.6. The molecule has 0 radical (unpaired) electrons. The van der Waals surface area contributed by atoms with E-state index < -0.39 is 0 Å². The molecule has 0 spiro atoms. The molecule has 2 aromatic heterocycles. The standard InChI is InChI=1S/C26H22N6O2/c27-15-19-7-8-24(28-16-19)31-9-11-32(12-10-31)26(34)21-5-1-3-18(14-21)13-20-4-2-6-22-23(20)17-29-30-25(22)33/h1-8,14,16-17H,9-13H2,(H,30,33).